The number of fused-ring (bicyclic) bond motifs is 3. The normalized spacial score (nSPS) is 12.6. The van der Waals surface area contributed by atoms with Crippen LogP contribution in [0.1, 0.15) is 6.92 Å². The second-order valence-corrected chi connectivity index (χ2v) is 4.57. The quantitative estimate of drug-likeness (QED) is 0.686. The minimum Gasteiger partial charge on any atom is -0.500 e. The Kier molecular flexibility index (Phi) is 2.33. The molecule has 0 saturated carbocycles. The summed E-state index contributed by atoms with van der Waals surface area (Å²) >= 11 is 1.35. The van der Waals surface area contributed by atoms with Gasteiger partial charge in [0.15, 0.2) is 4.96 Å². The van der Waals surface area contributed by atoms with E-state index in [1.807, 2.05) is 31.2 Å². The van der Waals surface area contributed by atoms with Crippen LogP contribution < -0.4 is 10.1 Å². The predicted molar refractivity (Wildman–Crippen MR) is 68.2 cm³/mol. The molecule has 3 rings (SSSR count). The number of imidazole rings is 1. The van der Waals surface area contributed by atoms with Crippen LogP contribution in [0.25, 0.3) is 22.3 Å². The Morgan fingerprint density at radius 2 is 2.29 bits per heavy atom. The smallest absolute Gasteiger partial charge is 0.278 e. The van der Waals surface area contributed by atoms with Crippen molar-refractivity contribution in [2.24, 2.45) is 0 Å². The Morgan fingerprint density at radius 3 is 3.12 bits per heavy atom. The van der Waals surface area contributed by atoms with E-state index in [1.54, 1.807) is 4.40 Å². The molecule has 0 aliphatic rings. The van der Waals surface area contributed by atoms with Crippen molar-refractivity contribution in [1.29, 1.82) is 0 Å². The molecule has 0 N–H and O–H groups in total. The van der Waals surface area contributed by atoms with Gasteiger partial charge in [0.1, 0.15) is 10.8 Å². The fourth-order valence-electron chi connectivity index (χ4n) is 1.75. The van der Waals surface area contributed by atoms with Crippen LogP contribution in [0, 0.1) is 0 Å². The summed E-state index contributed by atoms with van der Waals surface area (Å²) in [6.45, 7) is 2.44. The van der Waals surface area contributed by atoms with Crippen LogP contribution in [-0.2, 0) is 4.74 Å². The van der Waals surface area contributed by atoms with Gasteiger partial charge in [0.25, 0.3) is 5.56 Å². The first kappa shape index (κ1) is 10.3. The number of rotatable bonds is 2. The molecule has 86 valence electrons. The number of hydrogen-bond acceptors (Lipinski definition) is 4. The SMILES string of the molecule is CCO/C=c1\sc2nc3ccccc3n2c1=O. The van der Waals surface area contributed by atoms with Crippen molar-refractivity contribution in [2.45, 2.75) is 6.92 Å². The molecule has 0 spiro atoms. The second-order valence-electron chi connectivity index (χ2n) is 3.56. The molecule has 0 aliphatic heterocycles. The molecule has 2 heterocycles. The third-order valence-corrected chi connectivity index (χ3v) is 3.45. The fraction of sp³-hybridized carbons (Fsp3) is 0.167. The van der Waals surface area contributed by atoms with E-state index in [4.69, 9.17) is 4.74 Å². The van der Waals surface area contributed by atoms with Crippen LogP contribution in [0.5, 0.6) is 0 Å². The zero-order valence-electron chi connectivity index (χ0n) is 9.21. The Balaban J connectivity index is 2.40. The number of hydrogen-bond donors (Lipinski definition) is 0. The van der Waals surface area contributed by atoms with Crippen LogP contribution in [0.15, 0.2) is 29.1 Å². The minimum absolute atomic E-state index is 0.0628. The van der Waals surface area contributed by atoms with Gasteiger partial charge in [-0.15, -0.1) is 0 Å². The zero-order valence-corrected chi connectivity index (χ0v) is 10.0. The topological polar surface area (TPSA) is 43.6 Å². The van der Waals surface area contributed by atoms with Crippen molar-refractivity contribution < 1.29 is 4.74 Å². The van der Waals surface area contributed by atoms with Crippen LogP contribution in [0.2, 0.25) is 0 Å². The van der Waals surface area contributed by atoms with Gasteiger partial charge in [-0.05, 0) is 19.1 Å². The highest BCUT2D eigenvalue weighted by Gasteiger charge is 2.10. The predicted octanol–water partition coefficient (Wildman–Crippen LogP) is 1.40. The van der Waals surface area contributed by atoms with E-state index in [0.29, 0.717) is 16.1 Å². The van der Waals surface area contributed by atoms with Gasteiger partial charge in [-0.3, -0.25) is 4.79 Å². The van der Waals surface area contributed by atoms with Gasteiger partial charge < -0.3 is 4.74 Å². The second kappa shape index (κ2) is 3.85. The molecule has 0 radical (unpaired) electrons. The molecule has 4 nitrogen and oxygen atoms in total. The highest BCUT2D eigenvalue weighted by atomic mass is 32.1. The molecular weight excluding hydrogens is 236 g/mol. The molecular formula is C12H10N2O2S. The molecule has 3 aromatic rings. The Labute approximate surface area is 101 Å². The highest BCUT2D eigenvalue weighted by molar-refractivity contribution is 7.15. The summed E-state index contributed by atoms with van der Waals surface area (Å²) in [4.78, 5) is 17.3. The third kappa shape index (κ3) is 1.51. The van der Waals surface area contributed by atoms with Crippen LogP contribution in [-0.4, -0.2) is 16.0 Å². The first-order chi connectivity index (χ1) is 8.31. The van der Waals surface area contributed by atoms with Crippen LogP contribution in [0.3, 0.4) is 0 Å². The lowest BCUT2D eigenvalue weighted by Gasteiger charge is -1.88. The van der Waals surface area contributed by atoms with Gasteiger partial charge in [0, 0.05) is 0 Å². The lowest BCUT2D eigenvalue weighted by atomic mass is 10.3. The van der Waals surface area contributed by atoms with Gasteiger partial charge in [-0.25, -0.2) is 9.38 Å². The van der Waals surface area contributed by atoms with Gasteiger partial charge in [-0.2, -0.15) is 0 Å². The maximum Gasteiger partial charge on any atom is 0.278 e. The van der Waals surface area contributed by atoms with Crippen molar-refractivity contribution in [3.8, 4) is 0 Å². The van der Waals surface area contributed by atoms with Gasteiger partial charge in [-0.1, -0.05) is 23.5 Å². The molecule has 0 unspecified atom stereocenters. The average molecular weight is 246 g/mol. The Morgan fingerprint density at radius 1 is 1.47 bits per heavy atom. The van der Waals surface area contributed by atoms with Crippen LogP contribution >= 0.6 is 11.3 Å². The molecule has 5 heteroatoms. The number of thiazole rings is 1. The first-order valence-corrected chi connectivity index (χ1v) is 6.14. The summed E-state index contributed by atoms with van der Waals surface area (Å²) in [6, 6.07) is 7.62. The van der Waals surface area contributed by atoms with Crippen molar-refractivity contribution in [1.82, 2.24) is 9.38 Å². The molecule has 0 amide bonds. The lowest BCUT2D eigenvalue weighted by Crippen LogP contribution is -2.22. The summed E-state index contributed by atoms with van der Waals surface area (Å²) < 4.78 is 7.37. The zero-order chi connectivity index (χ0) is 11.8. The van der Waals surface area contributed by atoms with E-state index in [9.17, 15) is 4.79 Å². The summed E-state index contributed by atoms with van der Waals surface area (Å²) in [5.74, 6) is 0. The van der Waals surface area contributed by atoms with E-state index in [1.165, 1.54) is 17.6 Å². The highest BCUT2D eigenvalue weighted by Crippen LogP contribution is 2.15. The van der Waals surface area contributed by atoms with Crippen molar-refractivity contribution in [3.63, 3.8) is 0 Å². The van der Waals surface area contributed by atoms with Gasteiger partial charge in [0.2, 0.25) is 0 Å². The largest absolute Gasteiger partial charge is 0.500 e. The fourth-order valence-corrected chi connectivity index (χ4v) is 2.66. The number of para-hydroxylation sites is 2. The van der Waals surface area contributed by atoms with Gasteiger partial charge in [0.05, 0.1) is 17.6 Å². The molecule has 2 aromatic heterocycles. The van der Waals surface area contributed by atoms with E-state index in [0.717, 1.165) is 11.0 Å². The number of ether oxygens (including phenoxy) is 1. The Hall–Kier alpha value is -1.88. The molecule has 1 aromatic carbocycles. The lowest BCUT2D eigenvalue weighted by molar-refractivity contribution is 0.316. The van der Waals surface area contributed by atoms with E-state index < -0.39 is 0 Å². The summed E-state index contributed by atoms with van der Waals surface area (Å²) in [7, 11) is 0. The standard InChI is InChI=1S/C12H10N2O2S/c1-2-16-7-10-11(15)14-9-6-4-3-5-8(9)13-12(14)17-10/h3-7H,2H2,1H3/b10-7-. The van der Waals surface area contributed by atoms with E-state index >= 15 is 0 Å². The monoisotopic (exact) mass is 246 g/mol. The van der Waals surface area contributed by atoms with Crippen molar-refractivity contribution in [2.75, 3.05) is 6.61 Å². The van der Waals surface area contributed by atoms with E-state index in [-0.39, 0.29) is 5.56 Å². The van der Waals surface area contributed by atoms with E-state index in [2.05, 4.69) is 4.98 Å². The number of benzene rings is 1. The number of nitrogens with zero attached hydrogens (tertiary/aromatic N) is 2. The number of aromatic nitrogens is 2. The van der Waals surface area contributed by atoms with Gasteiger partial charge >= 0.3 is 0 Å². The van der Waals surface area contributed by atoms with Crippen LogP contribution in [0.4, 0.5) is 0 Å². The third-order valence-electron chi connectivity index (χ3n) is 2.50. The molecule has 0 fully saturated rings. The maximum atomic E-state index is 12.1. The van der Waals surface area contributed by atoms with Crippen molar-refractivity contribution in [3.05, 3.63) is 39.2 Å². The molecule has 0 bridgehead atoms. The molecule has 0 saturated heterocycles. The van der Waals surface area contributed by atoms with Crippen molar-refractivity contribution >= 4 is 33.6 Å². The molecule has 17 heavy (non-hydrogen) atoms. The molecule has 0 atom stereocenters. The first-order valence-electron chi connectivity index (χ1n) is 5.33. The minimum atomic E-state index is -0.0628. The summed E-state index contributed by atoms with van der Waals surface area (Å²) in [5, 5.41) is 0. The molecule has 0 aliphatic carbocycles. The Bertz CT molecular complexity index is 788. The summed E-state index contributed by atoms with van der Waals surface area (Å²) in [5.41, 5.74) is 1.63. The maximum absolute atomic E-state index is 12.1. The average Bonchev–Trinajstić information content (AvgIpc) is 2.84. The summed E-state index contributed by atoms with van der Waals surface area (Å²) in [6.07, 6.45) is 1.51.